The van der Waals surface area contributed by atoms with Crippen molar-refractivity contribution < 1.29 is 10.0 Å². The lowest BCUT2D eigenvalue weighted by molar-refractivity contribution is 0.0713. The number of hydrogen-bond donors (Lipinski definition) is 3. The summed E-state index contributed by atoms with van der Waals surface area (Å²) in [5.74, 6) is 0.533. The van der Waals surface area contributed by atoms with E-state index in [9.17, 15) is 4.79 Å². The van der Waals surface area contributed by atoms with Crippen molar-refractivity contribution in [3.63, 3.8) is 0 Å². The van der Waals surface area contributed by atoms with Crippen molar-refractivity contribution in [3.8, 4) is 0 Å². The van der Waals surface area contributed by atoms with Crippen molar-refractivity contribution in [2.24, 2.45) is 0 Å². The molecule has 1 saturated heterocycles. The third-order valence-corrected chi connectivity index (χ3v) is 4.82. The summed E-state index contributed by atoms with van der Waals surface area (Å²) in [5.41, 5.74) is 5.89. The number of carbonyl (C=O) groups excluding carboxylic acids is 1. The quantitative estimate of drug-likeness (QED) is 0.732. The number of amides is 1. The highest BCUT2D eigenvalue weighted by Crippen LogP contribution is 2.29. The largest absolute Gasteiger partial charge is 0.339 e. The third kappa shape index (κ3) is 4.18. The zero-order chi connectivity index (χ0) is 17.6. The van der Waals surface area contributed by atoms with Crippen LogP contribution in [0, 0.1) is 0 Å². The molecule has 0 bridgehead atoms. The number of piperidine rings is 1. The lowest BCUT2D eigenvalue weighted by atomic mass is 9.88. The average Bonchev–Trinajstić information content (AvgIpc) is 2.68. The van der Waals surface area contributed by atoms with Crippen molar-refractivity contribution in [2.75, 3.05) is 25.6 Å². The Hall–Kier alpha value is -2.37. The Balaban J connectivity index is 1.63. The van der Waals surface area contributed by atoms with Gasteiger partial charge < -0.3 is 10.2 Å². The smallest absolute Gasteiger partial charge is 0.253 e. The lowest BCUT2D eigenvalue weighted by Crippen LogP contribution is -2.37. The Labute approximate surface area is 148 Å². The maximum atomic E-state index is 12.7. The summed E-state index contributed by atoms with van der Waals surface area (Å²) in [5, 5.41) is 12.2. The minimum atomic E-state index is 0.0273. The van der Waals surface area contributed by atoms with Crippen molar-refractivity contribution in [1.82, 2.24) is 10.2 Å². The van der Waals surface area contributed by atoms with E-state index in [0.29, 0.717) is 17.2 Å². The monoisotopic (exact) mass is 339 g/mol. The fourth-order valence-corrected chi connectivity index (χ4v) is 3.48. The molecule has 3 N–H and O–H groups in total. The van der Waals surface area contributed by atoms with Crippen molar-refractivity contribution in [3.05, 3.63) is 65.2 Å². The predicted molar refractivity (Wildman–Crippen MR) is 98.9 cm³/mol. The molecule has 0 spiro atoms. The van der Waals surface area contributed by atoms with Gasteiger partial charge in [-0.3, -0.25) is 15.5 Å². The van der Waals surface area contributed by atoms with Gasteiger partial charge in [0.05, 0.1) is 5.69 Å². The zero-order valence-corrected chi connectivity index (χ0v) is 14.5. The number of anilines is 1. The van der Waals surface area contributed by atoms with Gasteiger partial charge in [-0.05, 0) is 55.1 Å². The van der Waals surface area contributed by atoms with Crippen LogP contribution >= 0.6 is 0 Å². The van der Waals surface area contributed by atoms with Crippen LogP contribution in [0.1, 0.15) is 40.2 Å². The van der Waals surface area contributed by atoms with Crippen molar-refractivity contribution >= 4 is 11.6 Å². The third-order valence-electron chi connectivity index (χ3n) is 4.82. The van der Waals surface area contributed by atoms with E-state index < -0.39 is 0 Å². The summed E-state index contributed by atoms with van der Waals surface area (Å²) in [7, 11) is 1.96. The average molecular weight is 339 g/mol. The Morgan fingerprint density at radius 1 is 1.16 bits per heavy atom. The number of nitrogens with zero attached hydrogens (tertiary/aromatic N) is 1. The van der Waals surface area contributed by atoms with Crippen molar-refractivity contribution in [1.29, 1.82) is 0 Å². The first-order valence-corrected chi connectivity index (χ1v) is 8.74. The molecule has 1 fully saturated rings. The normalized spacial score (nSPS) is 15.2. The van der Waals surface area contributed by atoms with Crippen LogP contribution in [-0.4, -0.2) is 36.2 Å². The summed E-state index contributed by atoms with van der Waals surface area (Å²) >= 11 is 0. The SMILES string of the molecule is CNCc1cccc(C2CCN(C(=O)c3cccc(NO)c3)CC2)c1. The second-order valence-electron chi connectivity index (χ2n) is 6.53. The standard InChI is InChI=1S/C20H25N3O2/c1-21-14-15-4-2-5-17(12-15)16-8-10-23(11-9-16)20(24)18-6-3-7-19(13-18)22-25/h2-7,12-13,16,21-22,25H,8-11,14H2,1H3. The number of carbonyl (C=O) groups is 1. The van der Waals surface area contributed by atoms with E-state index >= 15 is 0 Å². The highest BCUT2D eigenvalue weighted by molar-refractivity contribution is 5.95. The lowest BCUT2D eigenvalue weighted by Gasteiger charge is -2.32. The Bertz CT molecular complexity index is 724. The molecule has 0 unspecified atom stereocenters. The molecule has 1 aliphatic rings. The molecular formula is C20H25N3O2. The molecule has 0 atom stereocenters. The maximum absolute atomic E-state index is 12.7. The van der Waals surface area contributed by atoms with Gasteiger partial charge in [0, 0.05) is 25.2 Å². The molecule has 5 nitrogen and oxygen atoms in total. The van der Waals surface area contributed by atoms with Crippen LogP contribution in [0.3, 0.4) is 0 Å². The summed E-state index contributed by atoms with van der Waals surface area (Å²) < 4.78 is 0. The fourth-order valence-electron chi connectivity index (χ4n) is 3.48. The van der Waals surface area contributed by atoms with E-state index in [1.54, 1.807) is 24.3 Å². The van der Waals surface area contributed by atoms with E-state index in [-0.39, 0.29) is 5.91 Å². The Morgan fingerprint density at radius 2 is 1.92 bits per heavy atom. The summed E-state index contributed by atoms with van der Waals surface area (Å²) in [6.45, 7) is 2.40. The zero-order valence-electron chi connectivity index (χ0n) is 14.5. The van der Waals surface area contributed by atoms with Gasteiger partial charge in [0.15, 0.2) is 0 Å². The van der Waals surface area contributed by atoms with Gasteiger partial charge in [0.2, 0.25) is 0 Å². The number of benzene rings is 2. The molecule has 3 rings (SSSR count). The van der Waals surface area contributed by atoms with Gasteiger partial charge in [-0.2, -0.15) is 0 Å². The van der Waals surface area contributed by atoms with E-state index in [2.05, 4.69) is 35.1 Å². The van der Waals surface area contributed by atoms with Crippen LogP contribution in [0.5, 0.6) is 0 Å². The molecule has 1 aliphatic heterocycles. The van der Waals surface area contributed by atoms with Crippen LogP contribution in [0.2, 0.25) is 0 Å². The molecule has 132 valence electrons. The summed E-state index contributed by atoms with van der Waals surface area (Å²) in [6, 6.07) is 15.7. The molecular weight excluding hydrogens is 314 g/mol. The molecule has 0 aliphatic carbocycles. The van der Waals surface area contributed by atoms with Gasteiger partial charge in [-0.15, -0.1) is 0 Å². The van der Waals surface area contributed by atoms with E-state index in [4.69, 9.17) is 5.21 Å². The highest BCUT2D eigenvalue weighted by atomic mass is 16.5. The first-order valence-electron chi connectivity index (χ1n) is 8.74. The van der Waals surface area contributed by atoms with Crippen LogP contribution in [0.4, 0.5) is 5.69 Å². The molecule has 0 aromatic heterocycles. The van der Waals surface area contributed by atoms with Gasteiger partial charge in [0.1, 0.15) is 0 Å². The number of nitrogens with one attached hydrogen (secondary N) is 2. The molecule has 2 aromatic rings. The van der Waals surface area contributed by atoms with Gasteiger partial charge in [-0.25, -0.2) is 0 Å². The van der Waals surface area contributed by atoms with Crippen LogP contribution in [-0.2, 0) is 6.54 Å². The second-order valence-corrected chi connectivity index (χ2v) is 6.53. The van der Waals surface area contributed by atoms with Crippen LogP contribution in [0.25, 0.3) is 0 Å². The van der Waals surface area contributed by atoms with Crippen LogP contribution < -0.4 is 10.8 Å². The molecule has 0 radical (unpaired) electrons. The number of rotatable bonds is 5. The predicted octanol–water partition coefficient (Wildman–Crippen LogP) is 3.23. The molecule has 2 aromatic carbocycles. The number of hydrogen-bond acceptors (Lipinski definition) is 4. The number of likely N-dealkylation sites (tertiary alicyclic amines) is 1. The first kappa shape index (κ1) is 17.5. The molecule has 25 heavy (non-hydrogen) atoms. The maximum Gasteiger partial charge on any atom is 0.253 e. The first-order chi connectivity index (χ1) is 12.2. The minimum Gasteiger partial charge on any atom is -0.339 e. The molecule has 5 heteroatoms. The summed E-state index contributed by atoms with van der Waals surface area (Å²) in [6.07, 6.45) is 1.96. The van der Waals surface area contributed by atoms with Crippen LogP contribution in [0.15, 0.2) is 48.5 Å². The molecule has 1 heterocycles. The van der Waals surface area contributed by atoms with Gasteiger partial charge in [-0.1, -0.05) is 30.3 Å². The van der Waals surface area contributed by atoms with E-state index in [1.165, 1.54) is 11.1 Å². The highest BCUT2D eigenvalue weighted by Gasteiger charge is 2.24. The van der Waals surface area contributed by atoms with Gasteiger partial charge in [0.25, 0.3) is 5.91 Å². The van der Waals surface area contributed by atoms with E-state index in [0.717, 1.165) is 32.5 Å². The second kappa shape index (κ2) is 8.14. The minimum absolute atomic E-state index is 0.0273. The Kier molecular flexibility index (Phi) is 5.68. The fraction of sp³-hybridized carbons (Fsp3) is 0.350. The van der Waals surface area contributed by atoms with Crippen molar-refractivity contribution in [2.45, 2.75) is 25.3 Å². The summed E-state index contributed by atoms with van der Waals surface area (Å²) in [4.78, 5) is 14.6. The topological polar surface area (TPSA) is 64.6 Å². The molecule has 1 amide bonds. The van der Waals surface area contributed by atoms with Gasteiger partial charge >= 0.3 is 0 Å². The van der Waals surface area contributed by atoms with E-state index in [1.807, 2.05) is 11.9 Å². The Morgan fingerprint density at radius 3 is 2.64 bits per heavy atom. The molecule has 0 saturated carbocycles.